The van der Waals surface area contributed by atoms with Gasteiger partial charge in [0, 0.05) is 16.7 Å². The highest BCUT2D eigenvalue weighted by atomic mass is 79.9. The molecule has 1 fully saturated rings. The monoisotopic (exact) mass is 368 g/mol. The van der Waals surface area contributed by atoms with Gasteiger partial charge in [0.1, 0.15) is 11.6 Å². The molecular weight excluding hydrogens is 348 g/mol. The van der Waals surface area contributed by atoms with Crippen LogP contribution in [-0.2, 0) is 9.53 Å². The zero-order chi connectivity index (χ0) is 16.3. The number of amides is 2. The molecule has 1 aromatic carbocycles. The van der Waals surface area contributed by atoms with Crippen LogP contribution in [0.3, 0.4) is 0 Å². The van der Waals surface area contributed by atoms with E-state index in [2.05, 4.69) is 21.2 Å². The van der Waals surface area contributed by atoms with Crippen LogP contribution >= 0.6 is 15.9 Å². The molecule has 120 valence electrons. The van der Waals surface area contributed by atoms with E-state index >= 15 is 0 Å². The standard InChI is InChI=1S/C16H21BrN2O3/c1-16(2,3)22-15(21)19-10-4-5-13(19)14(20)18-12-8-6-11(17)7-9-12/h6-9,13H,4-5,10H2,1-3H3,(H,18,20). The van der Waals surface area contributed by atoms with Crippen LogP contribution < -0.4 is 5.32 Å². The Morgan fingerprint density at radius 2 is 1.91 bits per heavy atom. The molecule has 0 aromatic heterocycles. The number of benzene rings is 1. The van der Waals surface area contributed by atoms with Gasteiger partial charge >= 0.3 is 6.09 Å². The molecule has 1 saturated heterocycles. The maximum Gasteiger partial charge on any atom is 0.410 e. The molecular formula is C16H21BrN2O3. The van der Waals surface area contributed by atoms with Crippen LogP contribution in [0.25, 0.3) is 0 Å². The molecule has 0 aliphatic carbocycles. The van der Waals surface area contributed by atoms with Gasteiger partial charge in [-0.1, -0.05) is 15.9 Å². The Kier molecular flexibility index (Phi) is 5.11. The zero-order valence-electron chi connectivity index (χ0n) is 13.1. The van der Waals surface area contributed by atoms with Crippen molar-refractivity contribution in [2.24, 2.45) is 0 Å². The first-order chi connectivity index (χ1) is 10.3. The molecule has 6 heteroatoms. The van der Waals surface area contributed by atoms with E-state index in [0.29, 0.717) is 18.7 Å². The lowest BCUT2D eigenvalue weighted by molar-refractivity contribution is -0.120. The molecule has 1 heterocycles. The first-order valence-electron chi connectivity index (χ1n) is 7.32. The molecule has 1 aliphatic rings. The zero-order valence-corrected chi connectivity index (χ0v) is 14.6. The summed E-state index contributed by atoms with van der Waals surface area (Å²) in [6.07, 6.45) is 1.03. The fourth-order valence-corrected chi connectivity index (χ4v) is 2.60. The van der Waals surface area contributed by atoms with Crippen molar-refractivity contribution in [2.45, 2.75) is 45.3 Å². The summed E-state index contributed by atoms with van der Waals surface area (Å²) >= 11 is 3.35. The molecule has 0 spiro atoms. The van der Waals surface area contributed by atoms with Crippen LogP contribution in [0.4, 0.5) is 10.5 Å². The fourth-order valence-electron chi connectivity index (χ4n) is 2.34. The van der Waals surface area contributed by atoms with Gasteiger partial charge < -0.3 is 10.1 Å². The molecule has 2 amide bonds. The second kappa shape index (κ2) is 6.69. The number of anilines is 1. The Morgan fingerprint density at radius 3 is 2.50 bits per heavy atom. The van der Waals surface area contributed by atoms with Crippen LogP contribution in [0.2, 0.25) is 0 Å². The highest BCUT2D eigenvalue weighted by Gasteiger charge is 2.36. The predicted molar refractivity (Wildman–Crippen MR) is 88.7 cm³/mol. The lowest BCUT2D eigenvalue weighted by Crippen LogP contribution is -2.45. The average molecular weight is 369 g/mol. The van der Waals surface area contributed by atoms with Gasteiger partial charge in [-0.15, -0.1) is 0 Å². The molecule has 22 heavy (non-hydrogen) atoms. The summed E-state index contributed by atoms with van der Waals surface area (Å²) in [6, 6.07) is 6.87. The molecule has 1 unspecified atom stereocenters. The Labute approximate surface area is 139 Å². The second-order valence-electron chi connectivity index (χ2n) is 6.33. The third-order valence-electron chi connectivity index (χ3n) is 3.30. The van der Waals surface area contributed by atoms with Gasteiger partial charge in [0.15, 0.2) is 0 Å². The molecule has 1 aromatic rings. The second-order valence-corrected chi connectivity index (χ2v) is 7.24. The minimum Gasteiger partial charge on any atom is -0.444 e. The van der Waals surface area contributed by atoms with E-state index in [9.17, 15) is 9.59 Å². The molecule has 2 rings (SSSR count). The largest absolute Gasteiger partial charge is 0.444 e. The molecule has 1 N–H and O–H groups in total. The summed E-state index contributed by atoms with van der Waals surface area (Å²) in [7, 11) is 0. The van der Waals surface area contributed by atoms with Crippen molar-refractivity contribution >= 4 is 33.6 Å². The number of hydrogen-bond acceptors (Lipinski definition) is 3. The van der Waals surface area contributed by atoms with Crippen molar-refractivity contribution < 1.29 is 14.3 Å². The van der Waals surface area contributed by atoms with E-state index in [4.69, 9.17) is 4.74 Å². The molecule has 0 radical (unpaired) electrons. The summed E-state index contributed by atoms with van der Waals surface area (Å²) in [4.78, 5) is 26.1. The smallest absolute Gasteiger partial charge is 0.410 e. The highest BCUT2D eigenvalue weighted by molar-refractivity contribution is 9.10. The average Bonchev–Trinajstić information content (AvgIpc) is 2.89. The van der Waals surface area contributed by atoms with Crippen LogP contribution in [0, 0.1) is 0 Å². The van der Waals surface area contributed by atoms with Crippen molar-refractivity contribution in [3.8, 4) is 0 Å². The maximum atomic E-state index is 12.4. The van der Waals surface area contributed by atoms with Crippen LogP contribution in [-0.4, -0.2) is 35.1 Å². The van der Waals surface area contributed by atoms with Gasteiger partial charge in [-0.05, 0) is 57.9 Å². The lowest BCUT2D eigenvalue weighted by atomic mass is 10.2. The number of ether oxygens (including phenoxy) is 1. The van der Waals surface area contributed by atoms with Gasteiger partial charge in [0.25, 0.3) is 0 Å². The first-order valence-corrected chi connectivity index (χ1v) is 8.11. The lowest BCUT2D eigenvalue weighted by Gasteiger charge is -2.28. The van der Waals surface area contributed by atoms with Crippen molar-refractivity contribution in [2.75, 3.05) is 11.9 Å². The Balaban J connectivity index is 2.01. The normalized spacial score (nSPS) is 18.2. The van der Waals surface area contributed by atoms with Crippen LogP contribution in [0.5, 0.6) is 0 Å². The van der Waals surface area contributed by atoms with Crippen LogP contribution in [0.1, 0.15) is 33.6 Å². The quantitative estimate of drug-likeness (QED) is 0.863. The molecule has 1 atom stereocenters. The Morgan fingerprint density at radius 1 is 1.27 bits per heavy atom. The van der Waals surface area contributed by atoms with E-state index in [1.54, 1.807) is 0 Å². The van der Waals surface area contributed by atoms with Crippen molar-refractivity contribution in [3.05, 3.63) is 28.7 Å². The van der Waals surface area contributed by atoms with E-state index in [0.717, 1.165) is 10.9 Å². The molecule has 0 saturated carbocycles. The van der Waals surface area contributed by atoms with E-state index in [1.807, 2.05) is 45.0 Å². The van der Waals surface area contributed by atoms with Crippen LogP contribution in [0.15, 0.2) is 28.7 Å². The van der Waals surface area contributed by atoms with E-state index < -0.39 is 17.7 Å². The Bertz CT molecular complexity index is 552. The number of nitrogens with zero attached hydrogens (tertiary/aromatic N) is 1. The molecule has 5 nitrogen and oxygen atoms in total. The summed E-state index contributed by atoms with van der Waals surface area (Å²) in [5.74, 6) is -0.175. The minimum atomic E-state index is -0.563. The summed E-state index contributed by atoms with van der Waals surface area (Å²) < 4.78 is 6.31. The number of carbonyl (C=O) groups excluding carboxylic acids is 2. The third kappa shape index (κ3) is 4.47. The van der Waals surface area contributed by atoms with E-state index in [1.165, 1.54) is 4.90 Å². The predicted octanol–water partition coefficient (Wildman–Crippen LogP) is 3.79. The van der Waals surface area contributed by atoms with Gasteiger partial charge in [-0.3, -0.25) is 9.69 Å². The van der Waals surface area contributed by atoms with Crippen molar-refractivity contribution in [1.82, 2.24) is 4.90 Å². The molecule has 0 bridgehead atoms. The number of hydrogen-bond donors (Lipinski definition) is 1. The van der Waals surface area contributed by atoms with Crippen molar-refractivity contribution in [3.63, 3.8) is 0 Å². The SMILES string of the molecule is CC(C)(C)OC(=O)N1CCCC1C(=O)Nc1ccc(Br)cc1. The Hall–Kier alpha value is -1.56. The maximum absolute atomic E-state index is 12.4. The summed E-state index contributed by atoms with van der Waals surface area (Å²) in [5.41, 5.74) is 0.149. The van der Waals surface area contributed by atoms with Gasteiger partial charge in [0.05, 0.1) is 0 Å². The molecule has 1 aliphatic heterocycles. The van der Waals surface area contributed by atoms with Gasteiger partial charge in [-0.2, -0.15) is 0 Å². The van der Waals surface area contributed by atoms with Gasteiger partial charge in [-0.25, -0.2) is 4.79 Å². The highest BCUT2D eigenvalue weighted by Crippen LogP contribution is 2.22. The first kappa shape index (κ1) is 16.8. The van der Waals surface area contributed by atoms with Crippen molar-refractivity contribution in [1.29, 1.82) is 0 Å². The van der Waals surface area contributed by atoms with E-state index in [-0.39, 0.29) is 5.91 Å². The van der Waals surface area contributed by atoms with Gasteiger partial charge in [0.2, 0.25) is 5.91 Å². The topological polar surface area (TPSA) is 58.6 Å². The summed E-state index contributed by atoms with van der Waals surface area (Å²) in [5, 5.41) is 2.85. The minimum absolute atomic E-state index is 0.175. The third-order valence-corrected chi connectivity index (χ3v) is 3.82. The number of rotatable bonds is 2. The number of nitrogens with one attached hydrogen (secondary N) is 1. The summed E-state index contributed by atoms with van der Waals surface area (Å²) in [6.45, 7) is 6.00. The fraction of sp³-hybridized carbons (Fsp3) is 0.500. The number of likely N-dealkylation sites (tertiary alicyclic amines) is 1. The number of halogens is 1. The number of carbonyl (C=O) groups is 2.